The Kier molecular flexibility index (Phi) is 5.33. The summed E-state index contributed by atoms with van der Waals surface area (Å²) in [5, 5.41) is 3.08. The van der Waals surface area contributed by atoms with Crippen LogP contribution in [0.5, 0.6) is 0 Å². The molecule has 0 bridgehead atoms. The molecule has 0 saturated carbocycles. The fraction of sp³-hybridized carbons (Fsp3) is 0.500. The van der Waals surface area contributed by atoms with E-state index in [2.05, 4.69) is 5.32 Å². The highest BCUT2D eigenvalue weighted by atomic mass is 32.2. The SMILES string of the molecule is Cc1cccc([C@@H](C)NCCSC(F)(F)F)c1. The zero-order chi connectivity index (χ0) is 12.9. The molecule has 1 aromatic rings. The van der Waals surface area contributed by atoms with Gasteiger partial charge in [-0.1, -0.05) is 29.8 Å². The van der Waals surface area contributed by atoms with Crippen molar-refractivity contribution in [3.8, 4) is 0 Å². The molecule has 1 atom stereocenters. The third kappa shape index (κ3) is 5.98. The first-order valence-corrected chi connectivity index (χ1v) is 6.37. The van der Waals surface area contributed by atoms with E-state index < -0.39 is 5.51 Å². The highest BCUT2D eigenvalue weighted by molar-refractivity contribution is 8.00. The van der Waals surface area contributed by atoms with Crippen LogP contribution in [-0.2, 0) is 0 Å². The Morgan fingerprint density at radius 1 is 1.35 bits per heavy atom. The Balaban J connectivity index is 2.33. The molecule has 1 rings (SSSR count). The van der Waals surface area contributed by atoms with Gasteiger partial charge < -0.3 is 5.32 Å². The smallest absolute Gasteiger partial charge is 0.309 e. The lowest BCUT2D eigenvalue weighted by molar-refractivity contribution is -0.0327. The molecule has 0 fully saturated rings. The summed E-state index contributed by atoms with van der Waals surface area (Å²) in [6.07, 6.45) is 0. The van der Waals surface area contributed by atoms with Gasteiger partial charge in [0.05, 0.1) is 0 Å². The highest BCUT2D eigenvalue weighted by Gasteiger charge is 2.27. The molecular weight excluding hydrogens is 247 g/mol. The summed E-state index contributed by atoms with van der Waals surface area (Å²) in [4.78, 5) is 0. The van der Waals surface area contributed by atoms with Gasteiger partial charge >= 0.3 is 5.51 Å². The normalized spacial score (nSPS) is 13.7. The second-order valence-electron chi connectivity index (χ2n) is 3.88. The van der Waals surface area contributed by atoms with Crippen LogP contribution in [0.1, 0.15) is 24.1 Å². The maximum Gasteiger partial charge on any atom is 0.441 e. The van der Waals surface area contributed by atoms with Crippen LogP contribution in [0.25, 0.3) is 0 Å². The van der Waals surface area contributed by atoms with Crippen molar-refractivity contribution in [1.82, 2.24) is 5.32 Å². The van der Waals surface area contributed by atoms with E-state index in [4.69, 9.17) is 0 Å². The van der Waals surface area contributed by atoms with Gasteiger partial charge in [0.1, 0.15) is 0 Å². The molecule has 0 radical (unpaired) electrons. The van der Waals surface area contributed by atoms with Crippen LogP contribution >= 0.6 is 11.8 Å². The second kappa shape index (κ2) is 6.31. The minimum Gasteiger partial charge on any atom is -0.309 e. The first kappa shape index (κ1) is 14.4. The van der Waals surface area contributed by atoms with E-state index in [1.54, 1.807) is 0 Å². The van der Waals surface area contributed by atoms with Crippen LogP contribution in [0.15, 0.2) is 24.3 Å². The summed E-state index contributed by atoms with van der Waals surface area (Å²) >= 11 is 0.0114. The number of benzene rings is 1. The first-order valence-electron chi connectivity index (χ1n) is 5.39. The molecule has 0 aromatic heterocycles. The fourth-order valence-corrected chi connectivity index (χ4v) is 1.95. The Morgan fingerprint density at radius 2 is 2.06 bits per heavy atom. The number of thioether (sulfide) groups is 1. The van der Waals surface area contributed by atoms with E-state index >= 15 is 0 Å². The molecule has 0 aliphatic heterocycles. The minimum atomic E-state index is -4.13. The maximum atomic E-state index is 11.9. The van der Waals surface area contributed by atoms with Gasteiger partial charge in [-0.05, 0) is 31.2 Å². The molecule has 5 heteroatoms. The van der Waals surface area contributed by atoms with Crippen molar-refractivity contribution in [2.45, 2.75) is 25.4 Å². The van der Waals surface area contributed by atoms with E-state index in [1.807, 2.05) is 38.1 Å². The maximum absolute atomic E-state index is 11.9. The standard InChI is InChI=1S/C12H16F3NS/c1-9-4-3-5-11(8-9)10(2)16-6-7-17-12(13,14)15/h3-5,8,10,16H,6-7H2,1-2H3/t10-/m1/s1. The molecule has 1 nitrogen and oxygen atoms in total. The van der Waals surface area contributed by atoms with Crippen molar-refractivity contribution < 1.29 is 13.2 Å². The molecule has 0 unspecified atom stereocenters. The van der Waals surface area contributed by atoms with E-state index in [-0.39, 0.29) is 23.6 Å². The molecule has 0 spiro atoms. The Labute approximate surface area is 104 Å². The summed E-state index contributed by atoms with van der Waals surface area (Å²) in [7, 11) is 0. The molecule has 96 valence electrons. The summed E-state index contributed by atoms with van der Waals surface area (Å²) < 4.78 is 35.7. The lowest BCUT2D eigenvalue weighted by atomic mass is 10.1. The number of hydrogen-bond acceptors (Lipinski definition) is 2. The average Bonchev–Trinajstić information content (AvgIpc) is 2.23. The van der Waals surface area contributed by atoms with Gasteiger partial charge in [0.25, 0.3) is 0 Å². The van der Waals surface area contributed by atoms with E-state index in [1.165, 1.54) is 0 Å². The second-order valence-corrected chi connectivity index (χ2v) is 5.04. The quantitative estimate of drug-likeness (QED) is 0.809. The third-order valence-corrected chi connectivity index (χ3v) is 3.10. The van der Waals surface area contributed by atoms with Crippen molar-refractivity contribution in [3.05, 3.63) is 35.4 Å². The van der Waals surface area contributed by atoms with Gasteiger partial charge in [0.2, 0.25) is 0 Å². The topological polar surface area (TPSA) is 12.0 Å². The van der Waals surface area contributed by atoms with Crippen LogP contribution in [0.3, 0.4) is 0 Å². The molecule has 1 aromatic carbocycles. The van der Waals surface area contributed by atoms with Gasteiger partial charge in [0.15, 0.2) is 0 Å². The number of hydrogen-bond donors (Lipinski definition) is 1. The third-order valence-electron chi connectivity index (χ3n) is 2.36. The number of rotatable bonds is 5. The molecule has 0 aliphatic rings. The predicted molar refractivity (Wildman–Crippen MR) is 66.1 cm³/mol. The largest absolute Gasteiger partial charge is 0.441 e. The summed E-state index contributed by atoms with van der Waals surface area (Å²) in [6, 6.07) is 8.03. The number of aryl methyl sites for hydroxylation is 1. The van der Waals surface area contributed by atoms with Crippen LogP contribution in [0.4, 0.5) is 13.2 Å². The zero-order valence-corrected chi connectivity index (χ0v) is 10.7. The van der Waals surface area contributed by atoms with E-state index in [0.717, 1.165) is 11.1 Å². The van der Waals surface area contributed by atoms with Crippen LogP contribution in [0, 0.1) is 6.92 Å². The molecule has 1 N–H and O–H groups in total. The summed E-state index contributed by atoms with van der Waals surface area (Å²) in [5.74, 6) is 0.0413. The molecular formula is C12H16F3NS. The van der Waals surface area contributed by atoms with Gasteiger partial charge in [-0.15, -0.1) is 0 Å². The number of nitrogens with one attached hydrogen (secondary N) is 1. The summed E-state index contributed by atoms with van der Waals surface area (Å²) in [5.41, 5.74) is -1.88. The fourth-order valence-electron chi connectivity index (χ4n) is 1.50. The first-order chi connectivity index (χ1) is 7.88. The molecule has 0 heterocycles. The van der Waals surface area contributed by atoms with E-state index in [9.17, 15) is 13.2 Å². The van der Waals surface area contributed by atoms with Crippen LogP contribution in [-0.4, -0.2) is 17.8 Å². The van der Waals surface area contributed by atoms with Gasteiger partial charge in [-0.3, -0.25) is 0 Å². The average molecular weight is 263 g/mol. The summed E-state index contributed by atoms with van der Waals surface area (Å²) in [6.45, 7) is 4.29. The van der Waals surface area contributed by atoms with Gasteiger partial charge in [0, 0.05) is 18.3 Å². The van der Waals surface area contributed by atoms with Crippen molar-refractivity contribution in [1.29, 1.82) is 0 Å². The van der Waals surface area contributed by atoms with Gasteiger partial charge in [-0.25, -0.2) is 0 Å². The Morgan fingerprint density at radius 3 is 2.65 bits per heavy atom. The van der Waals surface area contributed by atoms with Crippen LogP contribution in [0.2, 0.25) is 0 Å². The molecule has 0 saturated heterocycles. The van der Waals surface area contributed by atoms with Crippen LogP contribution < -0.4 is 5.32 Å². The van der Waals surface area contributed by atoms with E-state index in [0.29, 0.717) is 6.54 Å². The van der Waals surface area contributed by atoms with Crippen molar-refractivity contribution in [2.24, 2.45) is 0 Å². The monoisotopic (exact) mass is 263 g/mol. The zero-order valence-electron chi connectivity index (χ0n) is 9.84. The molecule has 17 heavy (non-hydrogen) atoms. The molecule has 0 amide bonds. The van der Waals surface area contributed by atoms with Crippen molar-refractivity contribution >= 4 is 11.8 Å². The minimum absolute atomic E-state index is 0.0114. The lowest BCUT2D eigenvalue weighted by Crippen LogP contribution is -2.22. The number of alkyl halides is 3. The Bertz CT molecular complexity index is 352. The Hall–Kier alpha value is -0.680. The highest BCUT2D eigenvalue weighted by Crippen LogP contribution is 2.29. The van der Waals surface area contributed by atoms with Gasteiger partial charge in [-0.2, -0.15) is 13.2 Å². The van der Waals surface area contributed by atoms with Crippen molar-refractivity contribution in [2.75, 3.05) is 12.3 Å². The number of halogens is 3. The van der Waals surface area contributed by atoms with Crippen molar-refractivity contribution in [3.63, 3.8) is 0 Å². The molecule has 0 aliphatic carbocycles. The predicted octanol–water partition coefficient (Wildman–Crippen LogP) is 3.90. The lowest BCUT2D eigenvalue weighted by Gasteiger charge is -2.15.